The summed E-state index contributed by atoms with van der Waals surface area (Å²) in [5.41, 5.74) is 1.13. The van der Waals surface area contributed by atoms with Gasteiger partial charge in [-0.2, -0.15) is 0 Å². The summed E-state index contributed by atoms with van der Waals surface area (Å²) in [5, 5.41) is 13.1. The number of nitrogens with one attached hydrogen (secondary N) is 1. The Bertz CT molecular complexity index is 407. The standard InChI is InChI=1S/C16H25NO4/c1-19-15-5-2-4-13(8-15)9-17-10-14(18)11-20-12-16-6-3-7-21-16/h2,4-5,8,14,16-18H,3,6-7,9-12H2,1H3. The minimum Gasteiger partial charge on any atom is -0.497 e. The van der Waals surface area contributed by atoms with Gasteiger partial charge in [-0.05, 0) is 30.5 Å². The molecule has 21 heavy (non-hydrogen) atoms. The van der Waals surface area contributed by atoms with Gasteiger partial charge in [-0.3, -0.25) is 0 Å². The lowest BCUT2D eigenvalue weighted by Gasteiger charge is -2.14. The SMILES string of the molecule is COc1cccc(CNCC(O)COCC2CCCO2)c1. The average Bonchev–Trinajstić information content (AvgIpc) is 3.01. The third-order valence-electron chi connectivity index (χ3n) is 3.48. The number of aliphatic hydroxyl groups is 1. The third-order valence-corrected chi connectivity index (χ3v) is 3.48. The normalized spacial score (nSPS) is 19.6. The number of hydrogen-bond acceptors (Lipinski definition) is 5. The first-order valence-electron chi connectivity index (χ1n) is 7.49. The second kappa shape index (κ2) is 9.00. The van der Waals surface area contributed by atoms with Crippen molar-refractivity contribution in [2.45, 2.75) is 31.6 Å². The minimum atomic E-state index is -0.503. The van der Waals surface area contributed by atoms with Crippen LogP contribution in [0.3, 0.4) is 0 Å². The summed E-state index contributed by atoms with van der Waals surface area (Å²) in [5.74, 6) is 0.842. The second-order valence-corrected chi connectivity index (χ2v) is 5.31. The molecule has 1 saturated heterocycles. The Balaban J connectivity index is 1.56. The van der Waals surface area contributed by atoms with Crippen molar-refractivity contribution in [3.05, 3.63) is 29.8 Å². The van der Waals surface area contributed by atoms with Gasteiger partial charge in [0.2, 0.25) is 0 Å². The summed E-state index contributed by atoms with van der Waals surface area (Å²) in [4.78, 5) is 0. The Labute approximate surface area is 126 Å². The first-order chi connectivity index (χ1) is 10.3. The maximum Gasteiger partial charge on any atom is 0.119 e. The van der Waals surface area contributed by atoms with Crippen LogP contribution in [0.2, 0.25) is 0 Å². The average molecular weight is 295 g/mol. The summed E-state index contributed by atoms with van der Waals surface area (Å²) in [6, 6.07) is 7.87. The van der Waals surface area contributed by atoms with Crippen LogP contribution in [0.5, 0.6) is 5.75 Å². The zero-order valence-corrected chi connectivity index (χ0v) is 12.6. The van der Waals surface area contributed by atoms with E-state index in [1.54, 1.807) is 7.11 Å². The molecule has 0 bridgehead atoms. The Morgan fingerprint density at radius 3 is 3.14 bits per heavy atom. The van der Waals surface area contributed by atoms with Gasteiger partial charge in [-0.1, -0.05) is 12.1 Å². The van der Waals surface area contributed by atoms with Crippen molar-refractivity contribution in [2.24, 2.45) is 0 Å². The molecule has 0 radical (unpaired) electrons. The van der Waals surface area contributed by atoms with Crippen molar-refractivity contribution in [1.82, 2.24) is 5.32 Å². The van der Waals surface area contributed by atoms with E-state index in [0.717, 1.165) is 30.8 Å². The molecule has 0 spiro atoms. The van der Waals surface area contributed by atoms with Gasteiger partial charge < -0.3 is 24.6 Å². The zero-order chi connectivity index (χ0) is 14.9. The molecule has 1 aliphatic heterocycles. The minimum absolute atomic E-state index is 0.210. The molecule has 0 saturated carbocycles. The lowest BCUT2D eigenvalue weighted by molar-refractivity contribution is -0.0164. The van der Waals surface area contributed by atoms with Gasteiger partial charge in [-0.15, -0.1) is 0 Å². The monoisotopic (exact) mass is 295 g/mol. The number of aliphatic hydroxyl groups excluding tert-OH is 1. The fraction of sp³-hybridized carbons (Fsp3) is 0.625. The fourth-order valence-corrected chi connectivity index (χ4v) is 2.34. The maximum absolute atomic E-state index is 9.85. The van der Waals surface area contributed by atoms with E-state index >= 15 is 0 Å². The van der Waals surface area contributed by atoms with E-state index in [9.17, 15) is 5.11 Å². The Kier molecular flexibility index (Phi) is 6.95. The van der Waals surface area contributed by atoms with Gasteiger partial charge >= 0.3 is 0 Å². The molecule has 0 aliphatic carbocycles. The maximum atomic E-state index is 9.85. The van der Waals surface area contributed by atoms with Crippen LogP contribution in [0, 0.1) is 0 Å². The summed E-state index contributed by atoms with van der Waals surface area (Å²) in [6.45, 7) is 2.94. The van der Waals surface area contributed by atoms with Crippen molar-refractivity contribution in [2.75, 3.05) is 33.5 Å². The number of rotatable bonds is 9. The van der Waals surface area contributed by atoms with E-state index < -0.39 is 6.10 Å². The van der Waals surface area contributed by atoms with E-state index in [4.69, 9.17) is 14.2 Å². The molecule has 5 nitrogen and oxygen atoms in total. The number of benzene rings is 1. The Morgan fingerprint density at radius 1 is 1.48 bits per heavy atom. The van der Waals surface area contributed by atoms with Crippen molar-refractivity contribution in [3.8, 4) is 5.75 Å². The highest BCUT2D eigenvalue weighted by Crippen LogP contribution is 2.13. The van der Waals surface area contributed by atoms with Gasteiger partial charge in [0.05, 0.1) is 32.5 Å². The molecule has 0 aromatic heterocycles. The number of methoxy groups -OCH3 is 1. The van der Waals surface area contributed by atoms with Crippen molar-refractivity contribution in [3.63, 3.8) is 0 Å². The largest absolute Gasteiger partial charge is 0.497 e. The molecule has 0 amide bonds. The van der Waals surface area contributed by atoms with Crippen LogP contribution in [0.15, 0.2) is 24.3 Å². The molecule has 2 rings (SSSR count). The Morgan fingerprint density at radius 2 is 2.38 bits per heavy atom. The van der Waals surface area contributed by atoms with Gasteiger partial charge in [0.15, 0.2) is 0 Å². The fourth-order valence-electron chi connectivity index (χ4n) is 2.34. The molecule has 118 valence electrons. The predicted octanol–water partition coefficient (Wildman–Crippen LogP) is 1.34. The molecule has 1 aromatic carbocycles. The third kappa shape index (κ3) is 6.01. The van der Waals surface area contributed by atoms with Crippen LogP contribution in [0.4, 0.5) is 0 Å². The smallest absolute Gasteiger partial charge is 0.119 e. The van der Waals surface area contributed by atoms with Crippen LogP contribution >= 0.6 is 0 Å². The lowest BCUT2D eigenvalue weighted by Crippen LogP contribution is -2.31. The topological polar surface area (TPSA) is 60.0 Å². The van der Waals surface area contributed by atoms with Crippen molar-refractivity contribution < 1.29 is 19.3 Å². The van der Waals surface area contributed by atoms with E-state index in [1.807, 2.05) is 24.3 Å². The highest BCUT2D eigenvalue weighted by atomic mass is 16.5. The first kappa shape index (κ1) is 16.2. The molecule has 1 aromatic rings. The summed E-state index contributed by atoms with van der Waals surface area (Å²) in [7, 11) is 1.65. The van der Waals surface area contributed by atoms with Gasteiger partial charge in [0, 0.05) is 19.7 Å². The van der Waals surface area contributed by atoms with Crippen LogP contribution in [0.25, 0.3) is 0 Å². The molecule has 5 heteroatoms. The molecule has 2 atom stereocenters. The van der Waals surface area contributed by atoms with Gasteiger partial charge in [0.1, 0.15) is 5.75 Å². The van der Waals surface area contributed by atoms with Gasteiger partial charge in [-0.25, -0.2) is 0 Å². The molecular weight excluding hydrogens is 270 g/mol. The highest BCUT2D eigenvalue weighted by molar-refractivity contribution is 5.28. The van der Waals surface area contributed by atoms with Crippen LogP contribution in [0.1, 0.15) is 18.4 Å². The van der Waals surface area contributed by atoms with Gasteiger partial charge in [0.25, 0.3) is 0 Å². The summed E-state index contributed by atoms with van der Waals surface area (Å²) < 4.78 is 16.1. The zero-order valence-electron chi connectivity index (χ0n) is 12.6. The quantitative estimate of drug-likeness (QED) is 0.720. The van der Waals surface area contributed by atoms with Crippen LogP contribution in [-0.4, -0.2) is 50.8 Å². The first-order valence-corrected chi connectivity index (χ1v) is 7.49. The Hall–Kier alpha value is -1.14. The van der Waals surface area contributed by atoms with E-state index in [2.05, 4.69) is 5.32 Å². The van der Waals surface area contributed by atoms with E-state index in [-0.39, 0.29) is 6.10 Å². The second-order valence-electron chi connectivity index (χ2n) is 5.31. The number of hydrogen-bond donors (Lipinski definition) is 2. The molecule has 2 N–H and O–H groups in total. The van der Waals surface area contributed by atoms with E-state index in [0.29, 0.717) is 26.3 Å². The molecule has 1 heterocycles. The predicted molar refractivity (Wildman–Crippen MR) is 80.5 cm³/mol. The molecular formula is C16H25NO4. The number of ether oxygens (including phenoxy) is 3. The summed E-state index contributed by atoms with van der Waals surface area (Å²) in [6.07, 6.45) is 1.88. The summed E-state index contributed by atoms with van der Waals surface area (Å²) >= 11 is 0. The molecule has 2 unspecified atom stereocenters. The van der Waals surface area contributed by atoms with E-state index in [1.165, 1.54) is 0 Å². The van der Waals surface area contributed by atoms with Crippen molar-refractivity contribution in [1.29, 1.82) is 0 Å². The molecule has 1 fully saturated rings. The van der Waals surface area contributed by atoms with Crippen LogP contribution < -0.4 is 10.1 Å². The molecule has 1 aliphatic rings. The van der Waals surface area contributed by atoms with Crippen molar-refractivity contribution >= 4 is 0 Å². The lowest BCUT2D eigenvalue weighted by atomic mass is 10.2. The van der Waals surface area contributed by atoms with Crippen LogP contribution in [-0.2, 0) is 16.0 Å². The highest BCUT2D eigenvalue weighted by Gasteiger charge is 2.16.